The first-order valence-electron chi connectivity index (χ1n) is 8.45. The SMILES string of the molecule is O=C(Nc1ccc2c(c1)OCCO2)C1C[C@H]2CCC[C@@H](C1)C2=O. The fraction of sp³-hybridized carbons (Fsp3) is 0.556. The molecule has 2 fully saturated rings. The van der Waals surface area contributed by atoms with Crippen molar-refractivity contribution in [1.29, 1.82) is 0 Å². The number of hydrogen-bond acceptors (Lipinski definition) is 4. The molecule has 0 radical (unpaired) electrons. The van der Waals surface area contributed by atoms with Gasteiger partial charge in [-0.3, -0.25) is 9.59 Å². The minimum Gasteiger partial charge on any atom is -0.486 e. The van der Waals surface area contributed by atoms with Gasteiger partial charge >= 0.3 is 0 Å². The summed E-state index contributed by atoms with van der Waals surface area (Å²) >= 11 is 0. The predicted molar refractivity (Wildman–Crippen MR) is 84.6 cm³/mol. The summed E-state index contributed by atoms with van der Waals surface area (Å²) in [5.41, 5.74) is 0.723. The van der Waals surface area contributed by atoms with Gasteiger partial charge in [0, 0.05) is 29.5 Å². The Hall–Kier alpha value is -2.04. The molecule has 2 aliphatic carbocycles. The number of ketones is 1. The van der Waals surface area contributed by atoms with E-state index in [0.29, 0.717) is 43.3 Å². The van der Waals surface area contributed by atoms with Crippen LogP contribution in [0.4, 0.5) is 5.69 Å². The van der Waals surface area contributed by atoms with Crippen molar-refractivity contribution in [3.8, 4) is 11.5 Å². The van der Waals surface area contributed by atoms with Gasteiger partial charge in [-0.1, -0.05) is 6.42 Å². The van der Waals surface area contributed by atoms with Crippen LogP contribution in [-0.4, -0.2) is 24.9 Å². The minimum atomic E-state index is -0.0591. The van der Waals surface area contributed by atoms with E-state index in [9.17, 15) is 9.59 Å². The molecule has 1 aliphatic heterocycles. The maximum atomic E-state index is 12.6. The Bertz CT molecular complexity index is 626. The number of amides is 1. The van der Waals surface area contributed by atoms with Crippen molar-refractivity contribution < 1.29 is 19.1 Å². The fourth-order valence-electron chi connectivity index (χ4n) is 4.06. The highest BCUT2D eigenvalue weighted by atomic mass is 16.6. The molecule has 1 amide bonds. The normalized spacial score (nSPS) is 29.0. The molecule has 1 N–H and O–H groups in total. The fourth-order valence-corrected chi connectivity index (χ4v) is 4.06. The summed E-state index contributed by atoms with van der Waals surface area (Å²) in [5, 5.41) is 2.98. The molecule has 2 bridgehead atoms. The zero-order valence-electron chi connectivity index (χ0n) is 13.0. The number of Topliss-reactive ketones (excluding diaryl/α,β-unsaturated/α-hetero) is 1. The van der Waals surface area contributed by atoms with E-state index in [0.717, 1.165) is 24.9 Å². The molecular formula is C18H21NO4. The Labute approximate surface area is 135 Å². The molecule has 5 heteroatoms. The van der Waals surface area contributed by atoms with Crippen molar-refractivity contribution >= 4 is 17.4 Å². The third-order valence-corrected chi connectivity index (χ3v) is 5.23. The van der Waals surface area contributed by atoms with Gasteiger partial charge in [0.25, 0.3) is 0 Å². The van der Waals surface area contributed by atoms with Crippen LogP contribution >= 0.6 is 0 Å². The molecule has 1 heterocycles. The number of hydrogen-bond donors (Lipinski definition) is 1. The number of benzene rings is 1. The summed E-state index contributed by atoms with van der Waals surface area (Å²) in [6.45, 7) is 1.08. The number of fused-ring (bicyclic) bond motifs is 3. The van der Waals surface area contributed by atoms with E-state index in [-0.39, 0.29) is 23.7 Å². The van der Waals surface area contributed by atoms with Crippen LogP contribution in [0.15, 0.2) is 18.2 Å². The van der Waals surface area contributed by atoms with Crippen LogP contribution in [0.5, 0.6) is 11.5 Å². The molecular weight excluding hydrogens is 294 g/mol. The van der Waals surface area contributed by atoms with Crippen LogP contribution in [0.1, 0.15) is 32.1 Å². The molecule has 3 aliphatic rings. The molecule has 23 heavy (non-hydrogen) atoms. The number of nitrogens with one attached hydrogen (secondary N) is 1. The molecule has 1 aromatic rings. The Balaban J connectivity index is 1.45. The molecule has 3 atom stereocenters. The van der Waals surface area contributed by atoms with Gasteiger partial charge in [0.2, 0.25) is 5.91 Å². The molecule has 5 nitrogen and oxygen atoms in total. The van der Waals surface area contributed by atoms with Crippen molar-refractivity contribution in [2.45, 2.75) is 32.1 Å². The summed E-state index contributed by atoms with van der Waals surface area (Å²) in [4.78, 5) is 24.7. The van der Waals surface area contributed by atoms with Gasteiger partial charge in [0.05, 0.1) is 0 Å². The molecule has 0 aromatic heterocycles. The lowest BCUT2D eigenvalue weighted by atomic mass is 9.67. The van der Waals surface area contributed by atoms with Gasteiger partial charge < -0.3 is 14.8 Å². The first kappa shape index (κ1) is 14.5. The monoisotopic (exact) mass is 315 g/mol. The predicted octanol–water partition coefficient (Wildman–Crippen LogP) is 2.79. The number of carbonyl (C=O) groups is 2. The van der Waals surface area contributed by atoms with Crippen molar-refractivity contribution in [3.63, 3.8) is 0 Å². The maximum absolute atomic E-state index is 12.6. The minimum absolute atomic E-state index is 0.0195. The summed E-state index contributed by atoms with van der Waals surface area (Å²) in [6, 6.07) is 5.46. The zero-order chi connectivity index (χ0) is 15.8. The number of anilines is 1. The average Bonchev–Trinajstić information content (AvgIpc) is 2.54. The molecule has 122 valence electrons. The molecule has 4 rings (SSSR count). The van der Waals surface area contributed by atoms with Gasteiger partial charge in [-0.2, -0.15) is 0 Å². The van der Waals surface area contributed by atoms with E-state index in [1.165, 1.54) is 0 Å². The highest BCUT2D eigenvalue weighted by Crippen LogP contribution is 2.40. The summed E-state index contributed by atoms with van der Waals surface area (Å²) < 4.78 is 11.0. The Kier molecular flexibility index (Phi) is 3.71. The second kappa shape index (κ2) is 5.87. The van der Waals surface area contributed by atoms with E-state index >= 15 is 0 Å². The number of carbonyl (C=O) groups excluding carboxylic acids is 2. The Morgan fingerprint density at radius 1 is 1.04 bits per heavy atom. The lowest BCUT2D eigenvalue weighted by molar-refractivity contribution is -0.136. The standard InChI is InChI=1S/C18H21NO4/c20-17-11-2-1-3-12(17)9-13(8-11)18(21)19-14-4-5-15-16(10-14)23-7-6-22-15/h4-5,10-13H,1-3,6-9H2,(H,19,21)/t11-,12+,13?. The van der Waals surface area contributed by atoms with Crippen molar-refractivity contribution in [3.05, 3.63) is 18.2 Å². The second-order valence-corrected chi connectivity index (χ2v) is 6.74. The zero-order valence-corrected chi connectivity index (χ0v) is 13.0. The first-order chi connectivity index (χ1) is 11.2. The topological polar surface area (TPSA) is 64.6 Å². The Morgan fingerprint density at radius 3 is 2.48 bits per heavy atom. The van der Waals surface area contributed by atoms with E-state index < -0.39 is 0 Å². The van der Waals surface area contributed by atoms with E-state index in [1.54, 1.807) is 6.07 Å². The number of rotatable bonds is 2. The van der Waals surface area contributed by atoms with Gasteiger partial charge in [0.1, 0.15) is 19.0 Å². The van der Waals surface area contributed by atoms with E-state index in [4.69, 9.17) is 9.47 Å². The van der Waals surface area contributed by atoms with Crippen LogP contribution in [0.2, 0.25) is 0 Å². The van der Waals surface area contributed by atoms with Crippen LogP contribution in [0.3, 0.4) is 0 Å². The Morgan fingerprint density at radius 2 is 1.74 bits per heavy atom. The van der Waals surface area contributed by atoms with Crippen molar-refractivity contribution in [2.75, 3.05) is 18.5 Å². The van der Waals surface area contributed by atoms with Gasteiger partial charge in [-0.15, -0.1) is 0 Å². The van der Waals surface area contributed by atoms with Gasteiger partial charge in [-0.25, -0.2) is 0 Å². The van der Waals surface area contributed by atoms with E-state index in [1.807, 2.05) is 12.1 Å². The molecule has 1 unspecified atom stereocenters. The average molecular weight is 315 g/mol. The quantitative estimate of drug-likeness (QED) is 0.911. The lowest BCUT2D eigenvalue weighted by Crippen LogP contribution is -2.40. The first-order valence-corrected chi connectivity index (χ1v) is 8.45. The molecule has 2 saturated carbocycles. The second-order valence-electron chi connectivity index (χ2n) is 6.74. The number of ether oxygens (including phenoxy) is 2. The molecule has 0 saturated heterocycles. The van der Waals surface area contributed by atoms with Crippen LogP contribution < -0.4 is 14.8 Å². The molecule has 1 aromatic carbocycles. The third-order valence-electron chi connectivity index (χ3n) is 5.23. The van der Waals surface area contributed by atoms with Crippen molar-refractivity contribution in [2.24, 2.45) is 17.8 Å². The van der Waals surface area contributed by atoms with E-state index in [2.05, 4.69) is 5.32 Å². The molecule has 0 spiro atoms. The highest BCUT2D eigenvalue weighted by molar-refractivity contribution is 5.95. The summed E-state index contributed by atoms with van der Waals surface area (Å²) in [6.07, 6.45) is 4.42. The summed E-state index contributed by atoms with van der Waals surface area (Å²) in [7, 11) is 0. The third kappa shape index (κ3) is 2.80. The lowest BCUT2D eigenvalue weighted by Gasteiger charge is -2.36. The van der Waals surface area contributed by atoms with Crippen molar-refractivity contribution in [1.82, 2.24) is 0 Å². The largest absolute Gasteiger partial charge is 0.486 e. The summed E-state index contributed by atoms with van der Waals surface area (Å²) in [5.74, 6) is 1.93. The van der Waals surface area contributed by atoms with Gasteiger partial charge in [0.15, 0.2) is 11.5 Å². The van der Waals surface area contributed by atoms with Crippen LogP contribution in [0.25, 0.3) is 0 Å². The van der Waals surface area contributed by atoms with Gasteiger partial charge in [-0.05, 0) is 37.8 Å². The van der Waals surface area contributed by atoms with Crippen LogP contribution in [-0.2, 0) is 9.59 Å². The highest BCUT2D eigenvalue weighted by Gasteiger charge is 2.41. The smallest absolute Gasteiger partial charge is 0.227 e. The maximum Gasteiger partial charge on any atom is 0.227 e. The van der Waals surface area contributed by atoms with Crippen LogP contribution in [0, 0.1) is 17.8 Å².